The summed E-state index contributed by atoms with van der Waals surface area (Å²) < 4.78 is 0. The Hall–Kier alpha value is -0.720. The van der Waals surface area contributed by atoms with Crippen LogP contribution in [0.4, 0.5) is 0 Å². The molecule has 0 bridgehead atoms. The molecule has 1 fully saturated rings. The molecule has 0 aromatic carbocycles. The van der Waals surface area contributed by atoms with Crippen LogP contribution >= 0.6 is 0 Å². The largest absolute Gasteiger partial charge is 0.372 e. The molecule has 0 aromatic rings. The molecule has 1 rings (SSSR count). The van der Waals surface area contributed by atoms with Crippen LogP contribution in [0.2, 0.25) is 0 Å². The van der Waals surface area contributed by atoms with Gasteiger partial charge in [-0.1, -0.05) is 46.8 Å². The zero-order chi connectivity index (χ0) is 11.7. The van der Waals surface area contributed by atoms with Crippen molar-refractivity contribution >= 4 is 0 Å². The van der Waals surface area contributed by atoms with Crippen molar-refractivity contribution in [1.82, 2.24) is 4.90 Å². The lowest BCUT2D eigenvalue weighted by atomic mass is 9.92. The third-order valence-corrected chi connectivity index (χ3v) is 2.95. The van der Waals surface area contributed by atoms with Crippen LogP contribution in [0.5, 0.6) is 0 Å². The molecule has 1 heteroatoms. The molecule has 15 heavy (non-hydrogen) atoms. The summed E-state index contributed by atoms with van der Waals surface area (Å²) in [7, 11) is 0. The lowest BCUT2D eigenvalue weighted by Crippen LogP contribution is -2.32. The standard InChI is InChI=1S/C12H21N.C2H6/c1-4-6-12-7-9-13(10-8-12)11(3)5-2;1-2/h5,12H,2-4,6-10H2,1H3;1-2H3. The highest BCUT2D eigenvalue weighted by molar-refractivity contribution is 5.10. The first-order chi connectivity index (χ1) is 7.27. The van der Waals surface area contributed by atoms with Gasteiger partial charge in [0.2, 0.25) is 0 Å². The van der Waals surface area contributed by atoms with E-state index in [1.807, 2.05) is 19.9 Å². The Balaban J connectivity index is 0.000000921. The van der Waals surface area contributed by atoms with Crippen LogP contribution in [0.25, 0.3) is 0 Å². The predicted molar refractivity (Wildman–Crippen MR) is 69.9 cm³/mol. The van der Waals surface area contributed by atoms with Crippen LogP contribution in [0.15, 0.2) is 24.9 Å². The number of likely N-dealkylation sites (tertiary alicyclic amines) is 1. The van der Waals surface area contributed by atoms with Gasteiger partial charge in [-0.25, -0.2) is 0 Å². The van der Waals surface area contributed by atoms with Gasteiger partial charge in [0.05, 0.1) is 0 Å². The van der Waals surface area contributed by atoms with Gasteiger partial charge in [0.25, 0.3) is 0 Å². The van der Waals surface area contributed by atoms with Gasteiger partial charge < -0.3 is 4.90 Å². The molecule has 1 saturated heterocycles. The quantitative estimate of drug-likeness (QED) is 0.626. The van der Waals surface area contributed by atoms with Crippen molar-refractivity contribution in [2.24, 2.45) is 5.92 Å². The van der Waals surface area contributed by atoms with E-state index in [1.54, 1.807) is 0 Å². The van der Waals surface area contributed by atoms with Gasteiger partial charge in [0.1, 0.15) is 0 Å². The Morgan fingerprint density at radius 1 is 1.33 bits per heavy atom. The minimum absolute atomic E-state index is 0.957. The first kappa shape index (κ1) is 14.3. The van der Waals surface area contributed by atoms with Gasteiger partial charge in [-0.2, -0.15) is 0 Å². The summed E-state index contributed by atoms with van der Waals surface area (Å²) in [6.07, 6.45) is 7.25. The molecular formula is C14H27N. The van der Waals surface area contributed by atoms with Crippen molar-refractivity contribution in [3.8, 4) is 0 Å². The van der Waals surface area contributed by atoms with E-state index in [-0.39, 0.29) is 0 Å². The molecule has 0 spiro atoms. The van der Waals surface area contributed by atoms with Crippen molar-refractivity contribution in [2.45, 2.75) is 46.5 Å². The Morgan fingerprint density at radius 2 is 1.87 bits per heavy atom. The number of allylic oxidation sites excluding steroid dienone is 1. The zero-order valence-corrected chi connectivity index (χ0v) is 10.8. The first-order valence-electron chi connectivity index (χ1n) is 6.34. The molecule has 1 aliphatic heterocycles. The minimum atomic E-state index is 0.957. The summed E-state index contributed by atoms with van der Waals surface area (Å²) in [6, 6.07) is 0. The zero-order valence-electron chi connectivity index (χ0n) is 10.8. The average molecular weight is 209 g/mol. The Kier molecular flexibility index (Phi) is 8.17. The van der Waals surface area contributed by atoms with Gasteiger partial charge in [0.15, 0.2) is 0 Å². The number of hydrogen-bond acceptors (Lipinski definition) is 1. The maximum Gasteiger partial charge on any atom is 0.0287 e. The normalized spacial score (nSPS) is 16.6. The molecule has 0 atom stereocenters. The van der Waals surface area contributed by atoms with Crippen molar-refractivity contribution in [2.75, 3.05) is 13.1 Å². The van der Waals surface area contributed by atoms with E-state index >= 15 is 0 Å². The third-order valence-electron chi connectivity index (χ3n) is 2.95. The molecule has 0 aromatic heterocycles. The van der Waals surface area contributed by atoms with Crippen molar-refractivity contribution in [3.05, 3.63) is 24.9 Å². The van der Waals surface area contributed by atoms with Crippen LogP contribution in [0.3, 0.4) is 0 Å². The van der Waals surface area contributed by atoms with Crippen molar-refractivity contribution in [1.29, 1.82) is 0 Å². The highest BCUT2D eigenvalue weighted by Crippen LogP contribution is 2.23. The van der Waals surface area contributed by atoms with E-state index in [2.05, 4.69) is 25.0 Å². The van der Waals surface area contributed by atoms with Gasteiger partial charge in [-0.3, -0.25) is 0 Å². The summed E-state index contributed by atoms with van der Waals surface area (Å²) in [5, 5.41) is 0. The number of rotatable bonds is 4. The van der Waals surface area contributed by atoms with Crippen LogP contribution in [0, 0.1) is 5.92 Å². The summed E-state index contributed by atoms with van der Waals surface area (Å²) >= 11 is 0. The second kappa shape index (κ2) is 8.58. The molecule has 88 valence electrons. The maximum atomic E-state index is 3.98. The van der Waals surface area contributed by atoms with Crippen molar-refractivity contribution in [3.63, 3.8) is 0 Å². The molecule has 0 radical (unpaired) electrons. The Bertz CT molecular complexity index is 176. The van der Waals surface area contributed by atoms with Crippen LogP contribution in [-0.2, 0) is 0 Å². The highest BCUT2D eigenvalue weighted by Gasteiger charge is 2.17. The van der Waals surface area contributed by atoms with Crippen LogP contribution in [0.1, 0.15) is 46.5 Å². The third kappa shape index (κ3) is 5.06. The van der Waals surface area contributed by atoms with Crippen molar-refractivity contribution < 1.29 is 0 Å². The maximum absolute atomic E-state index is 3.98. The molecule has 0 N–H and O–H groups in total. The fourth-order valence-corrected chi connectivity index (χ4v) is 2.05. The van der Waals surface area contributed by atoms with E-state index in [9.17, 15) is 0 Å². The van der Waals surface area contributed by atoms with E-state index in [0.29, 0.717) is 0 Å². The summed E-state index contributed by atoms with van der Waals surface area (Å²) in [4.78, 5) is 2.35. The molecule has 1 nitrogen and oxygen atoms in total. The fraction of sp³-hybridized carbons (Fsp3) is 0.714. The first-order valence-corrected chi connectivity index (χ1v) is 6.34. The summed E-state index contributed by atoms with van der Waals surface area (Å²) in [6.45, 7) is 16.4. The smallest absolute Gasteiger partial charge is 0.0287 e. The highest BCUT2D eigenvalue weighted by atomic mass is 15.1. The number of nitrogens with zero attached hydrogens (tertiary/aromatic N) is 1. The van der Waals surface area contributed by atoms with Gasteiger partial charge in [0, 0.05) is 18.8 Å². The average Bonchev–Trinajstić information content (AvgIpc) is 2.32. The molecular weight excluding hydrogens is 182 g/mol. The summed E-state index contributed by atoms with van der Waals surface area (Å²) in [5.74, 6) is 0.957. The molecule has 0 saturated carbocycles. The van der Waals surface area contributed by atoms with Gasteiger partial charge in [-0.15, -0.1) is 0 Å². The minimum Gasteiger partial charge on any atom is -0.372 e. The fourth-order valence-electron chi connectivity index (χ4n) is 2.05. The lowest BCUT2D eigenvalue weighted by molar-refractivity contribution is 0.224. The molecule has 0 unspecified atom stereocenters. The van der Waals surface area contributed by atoms with E-state index in [4.69, 9.17) is 0 Å². The van der Waals surface area contributed by atoms with E-state index in [1.165, 1.54) is 38.8 Å². The second-order valence-electron chi connectivity index (χ2n) is 3.91. The molecule has 0 amide bonds. The number of hydrogen-bond donors (Lipinski definition) is 0. The summed E-state index contributed by atoms with van der Waals surface area (Å²) in [5.41, 5.74) is 1.09. The van der Waals surface area contributed by atoms with Crippen LogP contribution in [-0.4, -0.2) is 18.0 Å². The SMILES string of the molecule is C=CC(=C)N1CCC(CCC)CC1.CC. The Labute approximate surface area is 95.9 Å². The monoisotopic (exact) mass is 209 g/mol. The van der Waals surface area contributed by atoms with E-state index in [0.717, 1.165) is 11.6 Å². The van der Waals surface area contributed by atoms with Gasteiger partial charge >= 0.3 is 0 Å². The lowest BCUT2D eigenvalue weighted by Gasteiger charge is -2.33. The molecule has 0 aliphatic carbocycles. The van der Waals surface area contributed by atoms with Crippen LogP contribution < -0.4 is 0 Å². The second-order valence-corrected chi connectivity index (χ2v) is 3.91. The number of piperidine rings is 1. The Morgan fingerprint density at radius 3 is 2.27 bits per heavy atom. The van der Waals surface area contributed by atoms with E-state index < -0.39 is 0 Å². The molecule has 1 heterocycles. The molecule has 1 aliphatic rings. The predicted octanol–water partition coefficient (Wildman–Crippen LogP) is 4.22. The van der Waals surface area contributed by atoms with Gasteiger partial charge in [-0.05, 0) is 24.8 Å². The topological polar surface area (TPSA) is 3.24 Å².